The van der Waals surface area contributed by atoms with Crippen LogP contribution in [0.3, 0.4) is 0 Å². The number of halogens is 1. The topological polar surface area (TPSA) is 111 Å². The Kier molecular flexibility index (Phi) is 5.67. The van der Waals surface area contributed by atoms with Crippen molar-refractivity contribution in [3.8, 4) is 12.0 Å². The highest BCUT2D eigenvalue weighted by Crippen LogP contribution is 2.26. The van der Waals surface area contributed by atoms with Gasteiger partial charge in [-0.15, -0.1) is 11.6 Å². The van der Waals surface area contributed by atoms with Gasteiger partial charge in [-0.1, -0.05) is 13.3 Å². The molecule has 3 aromatic heterocycles. The standard InChI is InChI=1S/C16H20ClN7O2/c1-3-4-5-26-15-22-13(18-2)12-14(23-15)24(16(25)21-12)9-11-8-19-10(6-17)7-20-11/h7-8H,3-6,9H2,1-2H3,(H,21,25)(H,18,22,23). The number of alkyl halides is 1. The predicted molar refractivity (Wildman–Crippen MR) is 97.6 cm³/mol. The molecule has 0 fully saturated rings. The molecule has 26 heavy (non-hydrogen) atoms. The maximum atomic E-state index is 10.3. The smallest absolute Gasteiger partial charge is 0.320 e. The monoisotopic (exact) mass is 377 g/mol. The van der Waals surface area contributed by atoms with E-state index in [1.54, 1.807) is 19.4 Å². The fourth-order valence-corrected chi connectivity index (χ4v) is 2.49. The Hall–Kier alpha value is -2.68. The van der Waals surface area contributed by atoms with Crippen LogP contribution in [-0.4, -0.2) is 48.2 Å². The minimum absolute atomic E-state index is 0.181. The van der Waals surface area contributed by atoms with Crippen molar-refractivity contribution in [2.24, 2.45) is 0 Å². The summed E-state index contributed by atoms with van der Waals surface area (Å²) in [6.45, 7) is 2.86. The normalized spacial score (nSPS) is 11.0. The van der Waals surface area contributed by atoms with E-state index < -0.39 is 0 Å². The molecule has 0 unspecified atom stereocenters. The zero-order chi connectivity index (χ0) is 18.5. The second kappa shape index (κ2) is 8.13. The minimum Gasteiger partial charge on any atom is -0.480 e. The molecule has 0 aliphatic heterocycles. The van der Waals surface area contributed by atoms with Crippen LogP contribution in [0.2, 0.25) is 0 Å². The third-order valence-electron chi connectivity index (χ3n) is 3.74. The molecular formula is C16H20ClN7O2. The van der Waals surface area contributed by atoms with Gasteiger partial charge in [-0.05, 0) is 6.42 Å². The summed E-state index contributed by atoms with van der Waals surface area (Å²) in [7, 11) is 1.73. The SMILES string of the molecule is CCCCOc1nc(NC)c2nc(O)n(Cc3cnc(CCl)cn3)c2n1. The molecular weight excluding hydrogens is 358 g/mol. The van der Waals surface area contributed by atoms with Crippen LogP contribution in [0.1, 0.15) is 31.2 Å². The molecule has 3 aromatic rings. The van der Waals surface area contributed by atoms with Gasteiger partial charge in [-0.3, -0.25) is 14.5 Å². The number of aromatic nitrogens is 6. The number of aromatic hydroxyl groups is 1. The molecule has 0 spiro atoms. The second-order valence-electron chi connectivity index (χ2n) is 5.61. The summed E-state index contributed by atoms with van der Waals surface area (Å²) < 4.78 is 7.15. The highest BCUT2D eigenvalue weighted by molar-refractivity contribution is 6.16. The molecule has 0 saturated heterocycles. The van der Waals surface area contributed by atoms with E-state index in [2.05, 4.69) is 37.2 Å². The van der Waals surface area contributed by atoms with Crippen molar-refractivity contribution in [1.82, 2.24) is 29.5 Å². The molecule has 3 heterocycles. The van der Waals surface area contributed by atoms with Crippen LogP contribution in [0.15, 0.2) is 12.4 Å². The van der Waals surface area contributed by atoms with Crippen LogP contribution in [0.5, 0.6) is 12.0 Å². The average Bonchev–Trinajstić information content (AvgIpc) is 2.97. The number of ether oxygens (including phenoxy) is 1. The molecule has 0 atom stereocenters. The van der Waals surface area contributed by atoms with Gasteiger partial charge in [0.1, 0.15) is 0 Å². The van der Waals surface area contributed by atoms with Crippen molar-refractivity contribution in [3.05, 3.63) is 23.8 Å². The molecule has 9 nitrogen and oxygen atoms in total. The van der Waals surface area contributed by atoms with Crippen LogP contribution in [-0.2, 0) is 12.4 Å². The zero-order valence-electron chi connectivity index (χ0n) is 14.6. The number of nitrogens with one attached hydrogen (secondary N) is 1. The van der Waals surface area contributed by atoms with Gasteiger partial charge in [0.25, 0.3) is 6.01 Å². The molecule has 0 aliphatic rings. The minimum atomic E-state index is -0.181. The van der Waals surface area contributed by atoms with Gasteiger partial charge in [0.05, 0.1) is 36.6 Å². The largest absolute Gasteiger partial charge is 0.480 e. The maximum absolute atomic E-state index is 10.3. The predicted octanol–water partition coefficient (Wildman–Crippen LogP) is 2.33. The van der Waals surface area contributed by atoms with Gasteiger partial charge >= 0.3 is 6.01 Å². The van der Waals surface area contributed by atoms with Gasteiger partial charge in [-0.25, -0.2) is 0 Å². The van der Waals surface area contributed by atoms with Gasteiger partial charge < -0.3 is 15.2 Å². The lowest BCUT2D eigenvalue weighted by Crippen LogP contribution is -2.07. The van der Waals surface area contributed by atoms with Crippen LogP contribution in [0.25, 0.3) is 11.2 Å². The Labute approximate surface area is 155 Å². The van der Waals surface area contributed by atoms with E-state index in [0.29, 0.717) is 40.9 Å². The Morgan fingerprint density at radius 3 is 2.62 bits per heavy atom. The number of unbranched alkanes of at least 4 members (excludes halogenated alkanes) is 1. The number of hydrogen-bond acceptors (Lipinski definition) is 8. The number of hydrogen-bond donors (Lipinski definition) is 2. The van der Waals surface area contributed by atoms with E-state index in [4.69, 9.17) is 16.3 Å². The van der Waals surface area contributed by atoms with Crippen molar-refractivity contribution < 1.29 is 9.84 Å². The van der Waals surface area contributed by atoms with Gasteiger partial charge in [-0.2, -0.15) is 15.0 Å². The molecule has 0 aliphatic carbocycles. The van der Waals surface area contributed by atoms with Gasteiger partial charge in [0.15, 0.2) is 17.0 Å². The molecule has 2 N–H and O–H groups in total. The fourth-order valence-electron chi connectivity index (χ4n) is 2.36. The maximum Gasteiger partial charge on any atom is 0.320 e. The summed E-state index contributed by atoms with van der Waals surface area (Å²) in [6, 6.07) is 0.0553. The van der Waals surface area contributed by atoms with E-state index in [0.717, 1.165) is 12.8 Å². The van der Waals surface area contributed by atoms with Gasteiger partial charge in [0, 0.05) is 13.2 Å². The second-order valence-corrected chi connectivity index (χ2v) is 5.88. The first-order valence-electron chi connectivity index (χ1n) is 8.29. The van der Waals surface area contributed by atoms with Crippen molar-refractivity contribution in [1.29, 1.82) is 0 Å². The molecule has 0 aromatic carbocycles. The third-order valence-corrected chi connectivity index (χ3v) is 4.01. The quantitative estimate of drug-likeness (QED) is 0.454. The lowest BCUT2D eigenvalue weighted by molar-refractivity contribution is 0.286. The zero-order valence-corrected chi connectivity index (χ0v) is 15.4. The van der Waals surface area contributed by atoms with Crippen molar-refractivity contribution in [3.63, 3.8) is 0 Å². The van der Waals surface area contributed by atoms with Crippen molar-refractivity contribution >= 4 is 28.6 Å². The number of nitrogens with zero attached hydrogens (tertiary/aromatic N) is 6. The summed E-state index contributed by atoms with van der Waals surface area (Å²) >= 11 is 5.73. The third kappa shape index (κ3) is 3.77. The number of anilines is 1. The molecule has 0 saturated carbocycles. The van der Waals surface area contributed by atoms with Crippen LogP contribution in [0.4, 0.5) is 5.82 Å². The Morgan fingerprint density at radius 2 is 1.96 bits per heavy atom. The van der Waals surface area contributed by atoms with E-state index in [1.165, 1.54) is 4.57 Å². The molecule has 0 bridgehead atoms. The Morgan fingerprint density at radius 1 is 1.19 bits per heavy atom. The first-order valence-corrected chi connectivity index (χ1v) is 8.83. The van der Waals surface area contributed by atoms with Crippen molar-refractivity contribution in [2.75, 3.05) is 19.0 Å². The first kappa shape index (κ1) is 18.1. The van der Waals surface area contributed by atoms with Crippen LogP contribution >= 0.6 is 11.6 Å². The average molecular weight is 378 g/mol. The Balaban J connectivity index is 1.97. The van der Waals surface area contributed by atoms with E-state index >= 15 is 0 Å². The van der Waals surface area contributed by atoms with Gasteiger partial charge in [0.2, 0.25) is 0 Å². The highest BCUT2D eigenvalue weighted by atomic mass is 35.5. The Bertz CT molecular complexity index is 882. The summed E-state index contributed by atoms with van der Waals surface area (Å²) in [4.78, 5) is 21.4. The lowest BCUT2D eigenvalue weighted by atomic mass is 10.4. The van der Waals surface area contributed by atoms with E-state index in [9.17, 15) is 5.11 Å². The number of imidazole rings is 1. The fraction of sp³-hybridized carbons (Fsp3) is 0.438. The van der Waals surface area contributed by atoms with E-state index in [1.807, 2.05) is 0 Å². The number of fused-ring (bicyclic) bond motifs is 1. The first-order chi connectivity index (χ1) is 12.7. The molecule has 138 valence electrons. The summed E-state index contributed by atoms with van der Waals surface area (Å²) in [6.07, 6.45) is 5.13. The van der Waals surface area contributed by atoms with Crippen molar-refractivity contribution in [2.45, 2.75) is 32.2 Å². The lowest BCUT2D eigenvalue weighted by Gasteiger charge is -2.08. The highest BCUT2D eigenvalue weighted by Gasteiger charge is 2.18. The van der Waals surface area contributed by atoms with E-state index in [-0.39, 0.29) is 18.6 Å². The molecule has 0 amide bonds. The summed E-state index contributed by atoms with van der Waals surface area (Å²) in [5, 5.41) is 13.2. The molecule has 0 radical (unpaired) electrons. The molecule has 10 heteroatoms. The molecule has 3 rings (SSSR count). The summed E-state index contributed by atoms with van der Waals surface area (Å²) in [5.41, 5.74) is 2.24. The van der Waals surface area contributed by atoms with Crippen LogP contribution < -0.4 is 10.1 Å². The number of rotatable bonds is 8. The summed E-state index contributed by atoms with van der Waals surface area (Å²) in [5.74, 6) is 0.781. The van der Waals surface area contributed by atoms with Crippen LogP contribution in [0, 0.1) is 0 Å².